The number of halogens is 2. The van der Waals surface area contributed by atoms with Crippen LogP contribution in [-0.2, 0) is 0 Å². The Labute approximate surface area is 76.5 Å². The van der Waals surface area contributed by atoms with Gasteiger partial charge in [0, 0.05) is 6.54 Å². The lowest BCUT2D eigenvalue weighted by molar-refractivity contribution is -0.121. The molecule has 3 N–H and O–H groups in total. The van der Waals surface area contributed by atoms with Crippen LogP contribution in [0.4, 0.5) is 8.78 Å². The van der Waals surface area contributed by atoms with Gasteiger partial charge in [-0.25, -0.2) is 8.78 Å². The topological polar surface area (TPSA) is 49.5 Å². The molecule has 0 spiro atoms. The first kappa shape index (κ1) is 10.8. The van der Waals surface area contributed by atoms with E-state index in [1.807, 2.05) is 0 Å². The molecule has 1 aliphatic heterocycles. The summed E-state index contributed by atoms with van der Waals surface area (Å²) in [5.41, 5.74) is 4.33. The summed E-state index contributed by atoms with van der Waals surface area (Å²) in [6.45, 7) is 3.43. The van der Waals surface area contributed by atoms with E-state index in [1.54, 1.807) is 13.8 Å². The van der Waals surface area contributed by atoms with E-state index >= 15 is 0 Å². The van der Waals surface area contributed by atoms with Gasteiger partial charge in [-0.1, -0.05) is 13.8 Å². The van der Waals surface area contributed by atoms with Gasteiger partial charge in [-0.2, -0.15) is 5.06 Å². The maximum atomic E-state index is 12.8. The van der Waals surface area contributed by atoms with Crippen molar-refractivity contribution >= 4 is 0 Å². The van der Waals surface area contributed by atoms with Crippen molar-refractivity contribution in [1.29, 1.82) is 0 Å². The first-order valence-electron chi connectivity index (χ1n) is 4.39. The molecule has 0 aromatic carbocycles. The van der Waals surface area contributed by atoms with E-state index in [1.165, 1.54) is 0 Å². The molecule has 1 heterocycles. The minimum Gasteiger partial charge on any atom is -0.314 e. The Balaban J connectivity index is 2.83. The molecule has 2 atom stereocenters. The van der Waals surface area contributed by atoms with Crippen LogP contribution in [0.5, 0.6) is 0 Å². The summed E-state index contributed by atoms with van der Waals surface area (Å²) in [4.78, 5) is 0. The highest BCUT2D eigenvalue weighted by molar-refractivity contribution is 4.94. The number of rotatable bonds is 2. The first-order valence-corrected chi connectivity index (χ1v) is 4.39. The Bertz CT molecular complexity index is 167. The normalized spacial score (nSPS) is 36.5. The average Bonchev–Trinajstić information content (AvgIpc) is 2.29. The third-order valence-electron chi connectivity index (χ3n) is 3.01. The smallest absolute Gasteiger partial charge is 0.245 e. The molecule has 0 amide bonds. The number of nitrogens with zero attached hydrogens (tertiary/aromatic N) is 1. The molecule has 0 bridgehead atoms. The van der Waals surface area contributed by atoms with E-state index in [9.17, 15) is 14.0 Å². The number of nitrogens with two attached hydrogens (primary N) is 1. The minimum absolute atomic E-state index is 0.0382. The third-order valence-corrected chi connectivity index (χ3v) is 3.01. The lowest BCUT2D eigenvalue weighted by Crippen LogP contribution is -2.37. The summed E-state index contributed by atoms with van der Waals surface area (Å²) in [5.74, 6) is -0.185. The van der Waals surface area contributed by atoms with Crippen LogP contribution < -0.4 is 5.73 Å². The third kappa shape index (κ3) is 1.68. The highest BCUT2D eigenvalue weighted by Gasteiger charge is 2.51. The van der Waals surface area contributed by atoms with Gasteiger partial charge in [-0.05, 0) is 12.3 Å². The molecule has 0 saturated carbocycles. The predicted molar refractivity (Wildman–Crippen MR) is 44.4 cm³/mol. The second kappa shape index (κ2) is 3.48. The Hall–Kier alpha value is -0.260. The molecule has 2 unspecified atom stereocenters. The van der Waals surface area contributed by atoms with Crippen LogP contribution in [0.3, 0.4) is 0 Å². The summed E-state index contributed by atoms with van der Waals surface area (Å²) in [7, 11) is 0. The zero-order chi connectivity index (χ0) is 10.2. The Morgan fingerprint density at radius 1 is 1.54 bits per heavy atom. The van der Waals surface area contributed by atoms with Crippen molar-refractivity contribution in [3.05, 3.63) is 0 Å². The maximum Gasteiger partial charge on any atom is 0.245 e. The van der Waals surface area contributed by atoms with Gasteiger partial charge in [0.15, 0.2) is 0 Å². The van der Waals surface area contributed by atoms with Crippen LogP contribution in [0.25, 0.3) is 0 Å². The molecule has 1 saturated heterocycles. The lowest BCUT2D eigenvalue weighted by Gasteiger charge is -2.31. The van der Waals surface area contributed by atoms with Crippen LogP contribution in [0.2, 0.25) is 0 Å². The monoisotopic (exact) mass is 194 g/mol. The van der Waals surface area contributed by atoms with Gasteiger partial charge in [-0.3, -0.25) is 0 Å². The Kier molecular flexibility index (Phi) is 2.89. The predicted octanol–water partition coefficient (Wildman–Crippen LogP) is 1.27. The molecule has 1 aliphatic rings. The molecule has 5 heteroatoms. The van der Waals surface area contributed by atoms with Crippen molar-refractivity contribution in [3.8, 4) is 0 Å². The zero-order valence-corrected chi connectivity index (χ0v) is 7.87. The van der Waals surface area contributed by atoms with Gasteiger partial charge in [-0.15, -0.1) is 0 Å². The van der Waals surface area contributed by atoms with Crippen molar-refractivity contribution in [2.75, 3.05) is 6.54 Å². The van der Waals surface area contributed by atoms with E-state index < -0.39 is 18.0 Å². The largest absolute Gasteiger partial charge is 0.314 e. The number of hydrogen-bond donors (Lipinski definition) is 2. The van der Waals surface area contributed by atoms with E-state index in [0.29, 0.717) is 0 Å². The van der Waals surface area contributed by atoms with Crippen molar-refractivity contribution in [1.82, 2.24) is 5.06 Å². The summed E-state index contributed by atoms with van der Waals surface area (Å²) >= 11 is 0. The van der Waals surface area contributed by atoms with Crippen molar-refractivity contribution in [3.63, 3.8) is 0 Å². The van der Waals surface area contributed by atoms with Crippen LogP contribution in [0.15, 0.2) is 0 Å². The molecule has 0 aromatic rings. The first-order chi connectivity index (χ1) is 5.90. The van der Waals surface area contributed by atoms with E-state index in [4.69, 9.17) is 5.73 Å². The standard InChI is InChI=1S/C8H16F2N2O/c1-5(2)8(7(9)10)3-6(11)12(13)4-8/h5-7,13H,3-4,11H2,1-2H3. The van der Waals surface area contributed by atoms with Gasteiger partial charge in [0.1, 0.15) is 0 Å². The molecule has 13 heavy (non-hydrogen) atoms. The Morgan fingerprint density at radius 3 is 2.23 bits per heavy atom. The molecular formula is C8H16F2N2O. The number of alkyl halides is 2. The molecule has 1 fully saturated rings. The molecule has 0 aromatic heterocycles. The lowest BCUT2D eigenvalue weighted by atomic mass is 9.76. The highest BCUT2D eigenvalue weighted by atomic mass is 19.3. The van der Waals surface area contributed by atoms with Crippen molar-refractivity contribution < 1.29 is 14.0 Å². The van der Waals surface area contributed by atoms with Crippen LogP contribution >= 0.6 is 0 Å². The molecule has 1 rings (SSSR count). The summed E-state index contributed by atoms with van der Waals surface area (Å²) in [5, 5.41) is 10.0. The van der Waals surface area contributed by atoms with Crippen molar-refractivity contribution in [2.24, 2.45) is 17.1 Å². The van der Waals surface area contributed by atoms with E-state index in [0.717, 1.165) is 5.06 Å². The fourth-order valence-electron chi connectivity index (χ4n) is 1.81. The SMILES string of the molecule is CC(C)C1(C(F)F)CC(N)N(O)C1. The van der Waals surface area contributed by atoms with Gasteiger partial charge in [0.2, 0.25) is 6.43 Å². The van der Waals surface area contributed by atoms with Gasteiger partial charge >= 0.3 is 0 Å². The average molecular weight is 194 g/mol. The van der Waals surface area contributed by atoms with Gasteiger partial charge in [0.05, 0.1) is 11.6 Å². The fourth-order valence-corrected chi connectivity index (χ4v) is 1.81. The minimum atomic E-state index is -2.43. The molecule has 0 radical (unpaired) electrons. The van der Waals surface area contributed by atoms with Crippen molar-refractivity contribution in [2.45, 2.75) is 32.9 Å². The molecular weight excluding hydrogens is 178 g/mol. The number of hydroxylamine groups is 2. The fraction of sp³-hybridized carbons (Fsp3) is 1.00. The number of hydrogen-bond acceptors (Lipinski definition) is 3. The molecule has 3 nitrogen and oxygen atoms in total. The van der Waals surface area contributed by atoms with Crippen LogP contribution in [0, 0.1) is 11.3 Å². The van der Waals surface area contributed by atoms with Crippen LogP contribution in [0.1, 0.15) is 20.3 Å². The maximum absolute atomic E-state index is 12.8. The van der Waals surface area contributed by atoms with Gasteiger partial charge in [0.25, 0.3) is 0 Å². The van der Waals surface area contributed by atoms with Crippen LogP contribution in [-0.4, -0.2) is 29.4 Å². The summed E-state index contributed by atoms with van der Waals surface area (Å²) in [6.07, 6.45) is -2.94. The van der Waals surface area contributed by atoms with Gasteiger partial charge < -0.3 is 10.9 Å². The highest BCUT2D eigenvalue weighted by Crippen LogP contribution is 2.43. The molecule has 0 aliphatic carbocycles. The quantitative estimate of drug-likeness (QED) is 0.696. The Morgan fingerprint density at radius 2 is 2.08 bits per heavy atom. The zero-order valence-electron chi connectivity index (χ0n) is 7.87. The van der Waals surface area contributed by atoms with E-state index in [-0.39, 0.29) is 18.9 Å². The summed E-state index contributed by atoms with van der Waals surface area (Å²) < 4.78 is 25.6. The second-order valence-corrected chi connectivity index (χ2v) is 4.06. The second-order valence-electron chi connectivity index (χ2n) is 4.06. The molecule has 78 valence electrons. The summed E-state index contributed by atoms with van der Waals surface area (Å²) in [6, 6.07) is 0. The van der Waals surface area contributed by atoms with E-state index in [2.05, 4.69) is 0 Å².